The highest BCUT2D eigenvalue weighted by Gasteiger charge is 2.28. The summed E-state index contributed by atoms with van der Waals surface area (Å²) in [5.74, 6) is 0.0793. The van der Waals surface area contributed by atoms with E-state index in [0.29, 0.717) is 5.56 Å². The summed E-state index contributed by atoms with van der Waals surface area (Å²) in [6.45, 7) is 2.07. The zero-order valence-corrected chi connectivity index (χ0v) is 15.1. The molecule has 1 heterocycles. The Balaban J connectivity index is 0.000000765. The van der Waals surface area contributed by atoms with Crippen molar-refractivity contribution in [2.24, 2.45) is 15.7 Å². The van der Waals surface area contributed by atoms with E-state index in [1.807, 2.05) is 6.92 Å². The number of benzene rings is 1. The summed E-state index contributed by atoms with van der Waals surface area (Å²) in [5, 5.41) is 0. The van der Waals surface area contributed by atoms with Gasteiger partial charge in [0, 0.05) is 18.1 Å². The molecule has 0 aliphatic heterocycles. The van der Waals surface area contributed by atoms with Crippen molar-refractivity contribution in [1.29, 1.82) is 0 Å². The van der Waals surface area contributed by atoms with Crippen molar-refractivity contribution < 1.29 is 13.2 Å². The Bertz CT molecular complexity index is 795. The van der Waals surface area contributed by atoms with Crippen LogP contribution in [-0.2, 0) is 6.54 Å². The molecule has 0 spiro atoms. The molecule has 5 nitrogen and oxygen atoms in total. The van der Waals surface area contributed by atoms with Gasteiger partial charge < -0.3 is 15.7 Å². The molecule has 26 heavy (non-hydrogen) atoms. The molecular weight excluding hydrogens is 365 g/mol. The normalized spacial score (nSPS) is 12.0. The van der Waals surface area contributed by atoms with E-state index in [4.69, 9.17) is 5.73 Å². The number of aliphatic imine (C=N–C) groups is 2. The van der Waals surface area contributed by atoms with Gasteiger partial charge in [-0.15, -0.1) is 0 Å². The molecular formula is C17H19F3N4OS. The molecule has 9 heteroatoms. The van der Waals surface area contributed by atoms with Crippen LogP contribution >= 0.6 is 11.8 Å². The van der Waals surface area contributed by atoms with Crippen LogP contribution in [0.3, 0.4) is 0 Å². The van der Waals surface area contributed by atoms with E-state index in [-0.39, 0.29) is 40.2 Å². The lowest BCUT2D eigenvalue weighted by Gasteiger charge is -2.06. The minimum Gasteiger partial charge on any atom is -0.383 e. The van der Waals surface area contributed by atoms with Gasteiger partial charge in [0.05, 0.1) is 12.1 Å². The summed E-state index contributed by atoms with van der Waals surface area (Å²) in [6.07, 6.45) is 3.23. The molecule has 0 amide bonds. The monoisotopic (exact) mass is 384 g/mol. The van der Waals surface area contributed by atoms with Gasteiger partial charge in [0.15, 0.2) is 0 Å². The largest absolute Gasteiger partial charge is 0.446 e. The molecule has 0 atom stereocenters. The van der Waals surface area contributed by atoms with E-state index < -0.39 is 5.51 Å². The smallest absolute Gasteiger partial charge is 0.383 e. The first kappa shape index (κ1) is 21.5. The number of rotatable bonds is 4. The van der Waals surface area contributed by atoms with Gasteiger partial charge in [-0.2, -0.15) is 13.2 Å². The first-order valence-corrected chi connectivity index (χ1v) is 8.28. The minimum absolute atomic E-state index is 0.0793. The van der Waals surface area contributed by atoms with Crippen LogP contribution in [0.5, 0.6) is 0 Å². The van der Waals surface area contributed by atoms with Gasteiger partial charge in [0.1, 0.15) is 5.84 Å². The number of alkyl halides is 3. The summed E-state index contributed by atoms with van der Waals surface area (Å²) in [7, 11) is 1.75. The lowest BCUT2D eigenvalue weighted by atomic mass is 10.2. The second kappa shape index (κ2) is 10.4. The first-order valence-electron chi connectivity index (χ1n) is 7.46. The Hall–Kier alpha value is -2.55. The third-order valence-electron chi connectivity index (χ3n) is 2.94. The molecule has 2 rings (SSSR count). The van der Waals surface area contributed by atoms with Gasteiger partial charge in [-0.1, -0.05) is 12.1 Å². The maximum absolute atomic E-state index is 12.2. The van der Waals surface area contributed by atoms with Crippen LogP contribution < -0.4 is 11.3 Å². The lowest BCUT2D eigenvalue weighted by Crippen LogP contribution is -2.24. The third kappa shape index (κ3) is 8.02. The van der Waals surface area contributed by atoms with Crippen molar-refractivity contribution in [3.8, 4) is 0 Å². The average Bonchev–Trinajstić information content (AvgIpc) is 2.60. The predicted molar refractivity (Wildman–Crippen MR) is 99.9 cm³/mol. The molecule has 0 radical (unpaired) electrons. The number of aromatic nitrogens is 1. The fourth-order valence-corrected chi connectivity index (χ4v) is 2.22. The van der Waals surface area contributed by atoms with Crippen LogP contribution in [0.15, 0.2) is 62.3 Å². The van der Waals surface area contributed by atoms with E-state index in [0.717, 1.165) is 0 Å². The number of pyridine rings is 1. The van der Waals surface area contributed by atoms with Gasteiger partial charge in [0.2, 0.25) is 0 Å². The summed E-state index contributed by atoms with van der Waals surface area (Å²) >= 11 is -0.173. The van der Waals surface area contributed by atoms with Crippen LogP contribution in [0.2, 0.25) is 0 Å². The fraction of sp³-hybridized carbons (Fsp3) is 0.235. The van der Waals surface area contributed by atoms with E-state index >= 15 is 0 Å². The highest BCUT2D eigenvalue weighted by atomic mass is 32.2. The average molecular weight is 384 g/mol. The molecule has 1 aromatic heterocycles. The zero-order chi connectivity index (χ0) is 19.6. The molecule has 0 aliphatic carbocycles. The number of H-pyrrole nitrogens is 1. The number of hydrogen-bond acceptors (Lipinski definition) is 4. The molecule has 3 N–H and O–H groups in total. The number of hydrogen-bond donors (Lipinski definition) is 2. The van der Waals surface area contributed by atoms with Gasteiger partial charge >= 0.3 is 5.51 Å². The molecule has 0 unspecified atom stereocenters. The minimum atomic E-state index is -4.31. The van der Waals surface area contributed by atoms with Crippen LogP contribution in [-0.4, -0.2) is 29.6 Å². The van der Waals surface area contributed by atoms with E-state index in [1.165, 1.54) is 18.3 Å². The molecule has 0 saturated heterocycles. The third-order valence-corrected chi connectivity index (χ3v) is 3.68. The number of aromatic amines is 1. The van der Waals surface area contributed by atoms with Crippen LogP contribution in [0, 0.1) is 0 Å². The Morgan fingerprint density at radius 2 is 1.88 bits per heavy atom. The van der Waals surface area contributed by atoms with E-state index in [1.54, 1.807) is 37.5 Å². The molecule has 0 bridgehead atoms. The Morgan fingerprint density at radius 3 is 2.38 bits per heavy atom. The standard InChI is InChI=1S/C14H12F3N3OS.C3H7N/c15-14(16,17)22-10-5-3-9(4-6-10)8-20-12(18)11-2-1-7-19-13(11)21;1-3-4-2/h1-7H,8H2,(H2,18,20)(H,19,21);3H,1-2H3. The molecule has 0 fully saturated rings. The Morgan fingerprint density at radius 1 is 1.27 bits per heavy atom. The summed E-state index contributed by atoms with van der Waals surface area (Å²) < 4.78 is 36.6. The number of thioether (sulfide) groups is 1. The quantitative estimate of drug-likeness (QED) is 0.480. The molecule has 2 aromatic rings. The van der Waals surface area contributed by atoms with Crippen molar-refractivity contribution in [2.45, 2.75) is 23.9 Å². The molecule has 1 aromatic carbocycles. The molecule has 0 aliphatic rings. The van der Waals surface area contributed by atoms with Crippen LogP contribution in [0.25, 0.3) is 0 Å². The lowest BCUT2D eigenvalue weighted by molar-refractivity contribution is -0.0328. The number of nitrogens with zero attached hydrogens (tertiary/aromatic N) is 2. The van der Waals surface area contributed by atoms with E-state index in [9.17, 15) is 18.0 Å². The number of nitrogens with two attached hydrogens (primary N) is 1. The highest BCUT2D eigenvalue weighted by Crippen LogP contribution is 2.36. The molecule has 0 saturated carbocycles. The highest BCUT2D eigenvalue weighted by molar-refractivity contribution is 8.00. The number of nitrogens with one attached hydrogen (secondary N) is 1. The van der Waals surface area contributed by atoms with Crippen LogP contribution in [0.1, 0.15) is 18.1 Å². The van der Waals surface area contributed by atoms with Crippen molar-refractivity contribution >= 4 is 23.8 Å². The zero-order valence-electron chi connectivity index (χ0n) is 14.2. The van der Waals surface area contributed by atoms with Crippen molar-refractivity contribution in [3.05, 3.63) is 64.1 Å². The van der Waals surface area contributed by atoms with Crippen LogP contribution in [0.4, 0.5) is 13.2 Å². The second-order valence-corrected chi connectivity index (χ2v) is 5.96. The summed E-state index contributed by atoms with van der Waals surface area (Å²) in [4.78, 5) is 21.8. The van der Waals surface area contributed by atoms with Gasteiger partial charge in [-0.05, 0) is 54.7 Å². The van der Waals surface area contributed by atoms with E-state index in [2.05, 4.69) is 15.0 Å². The fourth-order valence-electron chi connectivity index (χ4n) is 1.68. The number of amidine groups is 1. The van der Waals surface area contributed by atoms with Gasteiger partial charge in [-0.3, -0.25) is 9.79 Å². The SMILES string of the molecule is CC=NC.NC(=NCc1ccc(SC(F)(F)F)cc1)c1ccc[nH]c1=O. The van der Waals surface area contributed by atoms with Gasteiger partial charge in [-0.25, -0.2) is 0 Å². The summed E-state index contributed by atoms with van der Waals surface area (Å²) in [6, 6.07) is 8.99. The second-order valence-electron chi connectivity index (χ2n) is 4.82. The predicted octanol–water partition coefficient (Wildman–Crippen LogP) is 3.60. The van der Waals surface area contributed by atoms with Crippen molar-refractivity contribution in [2.75, 3.05) is 7.05 Å². The topological polar surface area (TPSA) is 83.6 Å². The maximum Gasteiger partial charge on any atom is 0.446 e. The Labute approximate surface area is 153 Å². The summed E-state index contributed by atoms with van der Waals surface area (Å²) in [5.41, 5.74) is 2.03. The Kier molecular flexibility index (Phi) is 8.63. The first-order chi connectivity index (χ1) is 12.3. The molecule has 140 valence electrons. The van der Waals surface area contributed by atoms with Crippen molar-refractivity contribution in [3.63, 3.8) is 0 Å². The number of halogens is 3. The maximum atomic E-state index is 12.2. The van der Waals surface area contributed by atoms with Crippen molar-refractivity contribution in [1.82, 2.24) is 4.98 Å². The van der Waals surface area contributed by atoms with Gasteiger partial charge in [0.25, 0.3) is 5.56 Å².